The highest BCUT2D eigenvalue weighted by Gasteiger charge is 2.09. The first kappa shape index (κ1) is 9.70. The van der Waals surface area contributed by atoms with E-state index in [1.165, 1.54) is 6.20 Å². The molecule has 0 amide bonds. The molecule has 0 aliphatic carbocycles. The lowest BCUT2D eigenvalue weighted by atomic mass is 10.4. The molecule has 1 aromatic rings. The average molecular weight is 281 g/mol. The standard InChI is InChI=1S/C8H9FINO/c1-5(2)12-7-6(10)3-4-11-8(7)9/h3-5H,1-2H3. The summed E-state index contributed by atoms with van der Waals surface area (Å²) in [5, 5.41) is 0. The summed E-state index contributed by atoms with van der Waals surface area (Å²) in [7, 11) is 0. The van der Waals surface area contributed by atoms with Crippen molar-refractivity contribution in [1.29, 1.82) is 0 Å². The maximum atomic E-state index is 13.0. The lowest BCUT2D eigenvalue weighted by molar-refractivity contribution is 0.226. The average Bonchev–Trinajstić information content (AvgIpc) is 1.97. The van der Waals surface area contributed by atoms with Crippen LogP contribution in [0.15, 0.2) is 12.3 Å². The Hall–Kier alpha value is -0.390. The predicted octanol–water partition coefficient (Wildman–Crippen LogP) is 2.61. The molecule has 0 saturated heterocycles. The Balaban J connectivity index is 2.96. The normalized spacial score (nSPS) is 10.4. The number of hydrogen-bond donors (Lipinski definition) is 0. The number of hydrogen-bond acceptors (Lipinski definition) is 2. The lowest BCUT2D eigenvalue weighted by Crippen LogP contribution is -2.08. The fourth-order valence-electron chi connectivity index (χ4n) is 0.742. The van der Waals surface area contributed by atoms with E-state index in [9.17, 15) is 4.39 Å². The first-order chi connectivity index (χ1) is 5.61. The van der Waals surface area contributed by atoms with Crippen LogP contribution < -0.4 is 4.74 Å². The smallest absolute Gasteiger partial charge is 0.256 e. The summed E-state index contributed by atoms with van der Waals surface area (Å²) < 4.78 is 18.9. The van der Waals surface area contributed by atoms with Crippen LogP contribution in [0.2, 0.25) is 0 Å². The molecule has 0 unspecified atom stereocenters. The molecule has 12 heavy (non-hydrogen) atoms. The first-order valence-electron chi connectivity index (χ1n) is 3.58. The van der Waals surface area contributed by atoms with Gasteiger partial charge in [0.2, 0.25) is 0 Å². The molecule has 0 atom stereocenters. The van der Waals surface area contributed by atoms with Gasteiger partial charge >= 0.3 is 0 Å². The summed E-state index contributed by atoms with van der Waals surface area (Å²) in [5.41, 5.74) is 0. The van der Waals surface area contributed by atoms with E-state index < -0.39 is 5.95 Å². The van der Waals surface area contributed by atoms with E-state index in [1.807, 2.05) is 36.4 Å². The van der Waals surface area contributed by atoms with Crippen LogP contribution in [0.4, 0.5) is 4.39 Å². The molecule has 1 rings (SSSR count). The molecule has 4 heteroatoms. The number of rotatable bonds is 2. The number of pyridine rings is 1. The van der Waals surface area contributed by atoms with Crippen LogP contribution in [-0.2, 0) is 0 Å². The molecule has 1 heterocycles. The van der Waals surface area contributed by atoms with Crippen LogP contribution in [-0.4, -0.2) is 11.1 Å². The van der Waals surface area contributed by atoms with Crippen molar-refractivity contribution in [2.75, 3.05) is 0 Å². The van der Waals surface area contributed by atoms with Gasteiger partial charge in [0.1, 0.15) is 0 Å². The molecule has 1 aromatic heterocycles. The van der Waals surface area contributed by atoms with Gasteiger partial charge in [-0.3, -0.25) is 0 Å². The zero-order chi connectivity index (χ0) is 9.14. The molecule has 0 fully saturated rings. The quantitative estimate of drug-likeness (QED) is 0.614. The van der Waals surface area contributed by atoms with Crippen molar-refractivity contribution >= 4 is 22.6 Å². The summed E-state index contributed by atoms with van der Waals surface area (Å²) in [6.45, 7) is 3.70. The molecule has 0 aliphatic rings. The topological polar surface area (TPSA) is 22.1 Å². The van der Waals surface area contributed by atoms with Crippen molar-refractivity contribution in [3.63, 3.8) is 0 Å². The fraction of sp³-hybridized carbons (Fsp3) is 0.375. The van der Waals surface area contributed by atoms with Crippen molar-refractivity contribution < 1.29 is 9.13 Å². The van der Waals surface area contributed by atoms with Crippen molar-refractivity contribution in [2.45, 2.75) is 20.0 Å². The summed E-state index contributed by atoms with van der Waals surface area (Å²) in [4.78, 5) is 3.50. The van der Waals surface area contributed by atoms with E-state index in [0.717, 1.165) is 3.57 Å². The molecule has 0 N–H and O–H groups in total. The maximum Gasteiger partial charge on any atom is 0.256 e. The zero-order valence-corrected chi connectivity index (χ0v) is 9.00. The van der Waals surface area contributed by atoms with Gasteiger partial charge in [0.15, 0.2) is 5.75 Å². The molecule has 0 spiro atoms. The van der Waals surface area contributed by atoms with E-state index in [-0.39, 0.29) is 11.9 Å². The summed E-state index contributed by atoms with van der Waals surface area (Å²) >= 11 is 2.01. The SMILES string of the molecule is CC(C)Oc1c(I)ccnc1F. The molecule has 0 aliphatic heterocycles. The molecule has 0 radical (unpaired) electrons. The van der Waals surface area contributed by atoms with Gasteiger partial charge in [-0.2, -0.15) is 4.39 Å². The van der Waals surface area contributed by atoms with Gasteiger partial charge in [0, 0.05) is 6.20 Å². The summed E-state index contributed by atoms with van der Waals surface area (Å²) in [6.07, 6.45) is 1.39. The maximum absolute atomic E-state index is 13.0. The Kier molecular flexibility index (Phi) is 3.25. The highest BCUT2D eigenvalue weighted by Crippen LogP contribution is 2.23. The van der Waals surface area contributed by atoms with Crippen LogP contribution in [0.5, 0.6) is 5.75 Å². The Morgan fingerprint density at radius 1 is 1.58 bits per heavy atom. The predicted molar refractivity (Wildman–Crippen MR) is 52.7 cm³/mol. The third-order valence-electron chi connectivity index (χ3n) is 1.17. The van der Waals surface area contributed by atoms with Gasteiger partial charge in [0.25, 0.3) is 5.95 Å². The Morgan fingerprint density at radius 2 is 2.25 bits per heavy atom. The fourth-order valence-corrected chi connectivity index (χ4v) is 1.25. The van der Waals surface area contributed by atoms with Crippen LogP contribution in [0, 0.1) is 9.52 Å². The van der Waals surface area contributed by atoms with Crippen LogP contribution in [0.1, 0.15) is 13.8 Å². The summed E-state index contributed by atoms with van der Waals surface area (Å²) in [6, 6.07) is 1.71. The highest BCUT2D eigenvalue weighted by atomic mass is 127. The van der Waals surface area contributed by atoms with Crippen LogP contribution >= 0.6 is 22.6 Å². The van der Waals surface area contributed by atoms with Crippen molar-refractivity contribution in [1.82, 2.24) is 4.98 Å². The Morgan fingerprint density at radius 3 is 2.75 bits per heavy atom. The van der Waals surface area contributed by atoms with Crippen LogP contribution in [0.25, 0.3) is 0 Å². The van der Waals surface area contributed by atoms with Crippen molar-refractivity contribution in [3.8, 4) is 5.75 Å². The molecular formula is C8H9FINO. The third kappa shape index (κ3) is 2.30. The number of aromatic nitrogens is 1. The molecule has 66 valence electrons. The minimum atomic E-state index is -0.546. The van der Waals surface area contributed by atoms with Crippen LogP contribution in [0.3, 0.4) is 0 Å². The Labute approximate surface area is 84.3 Å². The molecule has 0 saturated carbocycles. The van der Waals surface area contributed by atoms with E-state index in [4.69, 9.17) is 4.74 Å². The van der Waals surface area contributed by atoms with E-state index >= 15 is 0 Å². The largest absolute Gasteiger partial charge is 0.485 e. The molecule has 0 bridgehead atoms. The second-order valence-corrected chi connectivity index (χ2v) is 3.74. The Bertz CT molecular complexity index is 258. The van der Waals surface area contributed by atoms with Gasteiger partial charge in [-0.1, -0.05) is 0 Å². The van der Waals surface area contributed by atoms with Gasteiger partial charge in [-0.15, -0.1) is 0 Å². The lowest BCUT2D eigenvalue weighted by Gasteiger charge is -2.10. The minimum absolute atomic E-state index is 0.0304. The van der Waals surface area contributed by atoms with Gasteiger partial charge in [0.05, 0.1) is 9.67 Å². The van der Waals surface area contributed by atoms with E-state index in [1.54, 1.807) is 6.07 Å². The van der Waals surface area contributed by atoms with E-state index in [2.05, 4.69) is 4.98 Å². The monoisotopic (exact) mass is 281 g/mol. The number of halogens is 2. The highest BCUT2D eigenvalue weighted by molar-refractivity contribution is 14.1. The summed E-state index contributed by atoms with van der Waals surface area (Å²) in [5.74, 6) is -0.302. The first-order valence-corrected chi connectivity index (χ1v) is 4.66. The van der Waals surface area contributed by atoms with E-state index in [0.29, 0.717) is 0 Å². The second-order valence-electron chi connectivity index (χ2n) is 2.58. The van der Waals surface area contributed by atoms with Gasteiger partial charge < -0.3 is 4.74 Å². The number of ether oxygens (including phenoxy) is 1. The molecule has 0 aromatic carbocycles. The molecule has 2 nitrogen and oxygen atoms in total. The van der Waals surface area contributed by atoms with Crippen molar-refractivity contribution in [3.05, 3.63) is 21.8 Å². The van der Waals surface area contributed by atoms with Gasteiger partial charge in [-0.25, -0.2) is 4.98 Å². The zero-order valence-electron chi connectivity index (χ0n) is 6.84. The number of nitrogens with zero attached hydrogens (tertiary/aromatic N) is 1. The molecular weight excluding hydrogens is 272 g/mol. The minimum Gasteiger partial charge on any atom is -0.485 e. The van der Waals surface area contributed by atoms with Crippen molar-refractivity contribution in [2.24, 2.45) is 0 Å². The van der Waals surface area contributed by atoms with Gasteiger partial charge in [-0.05, 0) is 42.5 Å². The second kappa shape index (κ2) is 4.02. The third-order valence-corrected chi connectivity index (χ3v) is 2.02.